The van der Waals surface area contributed by atoms with Gasteiger partial charge in [0.15, 0.2) is 0 Å². The molecule has 0 spiro atoms. The summed E-state index contributed by atoms with van der Waals surface area (Å²) in [6.45, 7) is 2.05. The predicted molar refractivity (Wildman–Crippen MR) is 89.6 cm³/mol. The van der Waals surface area contributed by atoms with E-state index < -0.39 is 12.1 Å². The molecule has 1 aliphatic rings. The fourth-order valence-corrected chi connectivity index (χ4v) is 3.21. The molecule has 5 nitrogen and oxygen atoms in total. The maximum absolute atomic E-state index is 10.9. The number of aliphatic hydroxyl groups excluding tert-OH is 1. The van der Waals surface area contributed by atoms with Gasteiger partial charge in [0.05, 0.1) is 0 Å². The van der Waals surface area contributed by atoms with E-state index in [1.54, 1.807) is 0 Å². The van der Waals surface area contributed by atoms with Crippen molar-refractivity contribution in [3.8, 4) is 5.75 Å². The summed E-state index contributed by atoms with van der Waals surface area (Å²) in [7, 11) is 0. The van der Waals surface area contributed by atoms with Crippen LogP contribution < -0.4 is 28.7 Å². The summed E-state index contributed by atoms with van der Waals surface area (Å²) in [6.07, 6.45) is 0.557. The first-order valence-corrected chi connectivity index (χ1v) is 8.35. The molecule has 1 atom stereocenters. The van der Waals surface area contributed by atoms with Crippen molar-refractivity contribution in [2.75, 3.05) is 26.2 Å². The van der Waals surface area contributed by atoms with E-state index in [0.29, 0.717) is 32.5 Å². The number of carboxylic acid groups (broad SMARTS) is 1. The monoisotopic (exact) mass is 335 g/mol. The van der Waals surface area contributed by atoms with Crippen LogP contribution in [-0.4, -0.2) is 48.3 Å². The van der Waals surface area contributed by atoms with Gasteiger partial charge in [0.25, 0.3) is 0 Å². The van der Waals surface area contributed by atoms with Crippen molar-refractivity contribution in [2.45, 2.75) is 18.9 Å². The third-order valence-corrected chi connectivity index (χ3v) is 4.57. The average Bonchev–Trinajstić information content (AvgIpc) is 2.60. The van der Waals surface area contributed by atoms with Crippen LogP contribution in [0.15, 0.2) is 42.5 Å². The molecule has 0 aliphatic carbocycles. The molecule has 1 fully saturated rings. The number of carboxylic acids is 1. The number of rotatable bonds is 6. The van der Waals surface area contributed by atoms with Crippen LogP contribution in [0.3, 0.4) is 0 Å². The van der Waals surface area contributed by atoms with E-state index in [-0.39, 0.29) is 31.4 Å². The Balaban J connectivity index is 0.00000225. The van der Waals surface area contributed by atoms with Crippen molar-refractivity contribution in [1.29, 1.82) is 0 Å². The van der Waals surface area contributed by atoms with E-state index in [9.17, 15) is 15.0 Å². The summed E-state index contributed by atoms with van der Waals surface area (Å²) < 4.78 is 5.80. The first-order chi connectivity index (χ1) is 11.6. The summed E-state index contributed by atoms with van der Waals surface area (Å²) in [5.74, 6) is -0.553. The zero-order chi connectivity index (χ0) is 16.9. The topological polar surface area (TPSA) is 72.8 Å². The van der Waals surface area contributed by atoms with Gasteiger partial charge in [0, 0.05) is 23.8 Å². The molecule has 0 unspecified atom stereocenters. The Labute approximate surface area is 159 Å². The molecule has 1 aliphatic heterocycles. The second kappa shape index (κ2) is 9.26. The van der Waals surface area contributed by atoms with Gasteiger partial charge in [-0.05, 0) is 37.4 Å². The van der Waals surface area contributed by atoms with Crippen molar-refractivity contribution in [3.63, 3.8) is 0 Å². The standard InChI is InChI=1S/C19H23NO4.Li/c21-16(12-20-10-8-15(9-11-20)19(22)23)13-24-18-7-3-5-14-4-1-2-6-17(14)18;/h1-7,15-16,21H,8-13H2,(H,22,23);/q;+1/p-1/t16-;/m1./s1. The Kier molecular flexibility index (Phi) is 7.34. The van der Waals surface area contributed by atoms with Crippen molar-refractivity contribution in [2.24, 2.45) is 5.92 Å². The fraction of sp³-hybridized carbons (Fsp3) is 0.421. The number of piperidine rings is 1. The van der Waals surface area contributed by atoms with Crippen LogP contribution in [0.2, 0.25) is 0 Å². The third kappa shape index (κ3) is 5.23. The molecule has 3 rings (SSSR count). The second-order valence-electron chi connectivity index (χ2n) is 6.34. The first-order valence-electron chi connectivity index (χ1n) is 8.35. The number of hydrogen-bond acceptors (Lipinski definition) is 5. The van der Waals surface area contributed by atoms with Crippen LogP contribution in [0.25, 0.3) is 10.8 Å². The molecule has 1 heterocycles. The smallest absolute Gasteiger partial charge is 0.550 e. The quantitative estimate of drug-likeness (QED) is 0.621. The van der Waals surface area contributed by atoms with E-state index in [2.05, 4.69) is 4.90 Å². The normalized spacial score (nSPS) is 17.0. The van der Waals surface area contributed by atoms with Gasteiger partial charge in [-0.3, -0.25) is 0 Å². The Morgan fingerprint density at radius 2 is 1.88 bits per heavy atom. The summed E-state index contributed by atoms with van der Waals surface area (Å²) in [5.41, 5.74) is 0. The van der Waals surface area contributed by atoms with Crippen molar-refractivity contribution >= 4 is 16.7 Å². The van der Waals surface area contributed by atoms with Crippen molar-refractivity contribution in [3.05, 3.63) is 42.5 Å². The minimum atomic E-state index is -0.963. The summed E-state index contributed by atoms with van der Waals surface area (Å²) in [5, 5.41) is 23.2. The number of fused-ring (bicyclic) bond motifs is 1. The van der Waals surface area contributed by atoms with E-state index in [1.807, 2.05) is 42.5 Å². The first kappa shape index (κ1) is 19.8. The molecule has 0 bridgehead atoms. The summed E-state index contributed by atoms with van der Waals surface area (Å²) >= 11 is 0. The van der Waals surface area contributed by atoms with E-state index in [4.69, 9.17) is 4.74 Å². The minimum Gasteiger partial charge on any atom is -0.550 e. The number of β-amino-alcohol motifs (C(OH)–C–C–N with tert-alkyl or cyclic N) is 1. The number of hydrogen-bond donors (Lipinski definition) is 1. The molecule has 0 saturated carbocycles. The predicted octanol–water partition coefficient (Wildman–Crippen LogP) is -1.95. The molecule has 128 valence electrons. The zero-order valence-corrected chi connectivity index (χ0v) is 14.6. The van der Waals surface area contributed by atoms with Gasteiger partial charge in [0.2, 0.25) is 0 Å². The number of carbonyl (C=O) groups is 1. The van der Waals surface area contributed by atoms with Gasteiger partial charge in [0.1, 0.15) is 18.5 Å². The molecule has 0 amide bonds. The van der Waals surface area contributed by atoms with Gasteiger partial charge in [-0.15, -0.1) is 0 Å². The average molecular weight is 335 g/mol. The largest absolute Gasteiger partial charge is 1.00 e. The van der Waals surface area contributed by atoms with E-state index in [0.717, 1.165) is 16.5 Å². The Bertz CT molecular complexity index is 695. The number of ether oxygens (including phenoxy) is 1. The van der Waals surface area contributed by atoms with Gasteiger partial charge in [-0.2, -0.15) is 0 Å². The Morgan fingerprint density at radius 1 is 1.20 bits per heavy atom. The van der Waals surface area contributed by atoms with Crippen LogP contribution in [0.5, 0.6) is 5.75 Å². The van der Waals surface area contributed by atoms with Gasteiger partial charge in [-0.25, -0.2) is 0 Å². The molecule has 1 N–H and O–H groups in total. The summed E-state index contributed by atoms with van der Waals surface area (Å²) in [6, 6.07) is 13.8. The van der Waals surface area contributed by atoms with Crippen LogP contribution in [-0.2, 0) is 4.79 Å². The third-order valence-electron chi connectivity index (χ3n) is 4.57. The molecular weight excluding hydrogens is 313 g/mol. The molecule has 0 radical (unpaired) electrons. The van der Waals surface area contributed by atoms with Gasteiger partial charge >= 0.3 is 18.9 Å². The van der Waals surface area contributed by atoms with Crippen LogP contribution in [0.1, 0.15) is 12.8 Å². The van der Waals surface area contributed by atoms with Crippen LogP contribution >= 0.6 is 0 Å². The SMILES string of the molecule is O=C([O-])C1CCN(C[C@@H](O)COc2cccc3ccccc23)CC1.[Li+]. The number of likely N-dealkylation sites (tertiary alicyclic amines) is 1. The molecule has 25 heavy (non-hydrogen) atoms. The maximum atomic E-state index is 10.9. The Hall–Kier alpha value is -1.51. The zero-order valence-electron chi connectivity index (χ0n) is 14.6. The minimum absolute atomic E-state index is 0. The number of aliphatic carboxylic acids is 1. The second-order valence-corrected chi connectivity index (χ2v) is 6.34. The summed E-state index contributed by atoms with van der Waals surface area (Å²) in [4.78, 5) is 12.9. The number of nitrogens with zero attached hydrogens (tertiary/aromatic N) is 1. The maximum Gasteiger partial charge on any atom is 1.00 e. The molecule has 2 aromatic rings. The number of carbonyl (C=O) groups excluding carboxylic acids is 1. The Morgan fingerprint density at radius 3 is 2.60 bits per heavy atom. The molecule has 2 aromatic carbocycles. The van der Waals surface area contributed by atoms with Gasteiger partial charge in [-0.1, -0.05) is 36.4 Å². The van der Waals surface area contributed by atoms with Crippen LogP contribution in [0.4, 0.5) is 0 Å². The van der Waals surface area contributed by atoms with Crippen LogP contribution in [0, 0.1) is 5.92 Å². The van der Waals surface area contributed by atoms with Gasteiger partial charge < -0.3 is 24.6 Å². The molecule has 0 aromatic heterocycles. The number of aliphatic hydroxyl groups is 1. The van der Waals surface area contributed by atoms with E-state index in [1.165, 1.54) is 0 Å². The molecule has 1 saturated heterocycles. The fourth-order valence-electron chi connectivity index (χ4n) is 3.21. The van der Waals surface area contributed by atoms with Crippen molar-refractivity contribution < 1.29 is 38.6 Å². The molecular formula is C19H22LiNO4. The molecule has 6 heteroatoms. The van der Waals surface area contributed by atoms with E-state index >= 15 is 0 Å². The number of benzene rings is 2. The van der Waals surface area contributed by atoms with Crippen molar-refractivity contribution in [1.82, 2.24) is 4.90 Å².